The first-order valence-corrected chi connectivity index (χ1v) is 14.8. The molecule has 0 radical (unpaired) electrons. The van der Waals surface area contributed by atoms with Crippen molar-refractivity contribution in [3.63, 3.8) is 0 Å². The number of aliphatic imine (C=N–C) groups is 2. The Morgan fingerprint density at radius 1 is 0.561 bits per heavy atom. The highest BCUT2D eigenvalue weighted by molar-refractivity contribution is 5.90. The lowest BCUT2D eigenvalue weighted by atomic mass is 10.1. The average Bonchev–Trinajstić information content (AvgIpc) is 2.96. The van der Waals surface area contributed by atoms with Gasteiger partial charge in [0.1, 0.15) is 28.7 Å². The average molecular weight is 561 g/mol. The van der Waals surface area contributed by atoms with Crippen molar-refractivity contribution >= 4 is 23.8 Å². The topological polar surface area (TPSA) is 92.9 Å². The molecular formula is C34H44N2O5. The molecule has 7 nitrogen and oxygen atoms in total. The maximum absolute atomic E-state index is 10.4. The molecule has 3 aromatic rings. The van der Waals surface area contributed by atoms with E-state index in [1.54, 1.807) is 48.8 Å². The number of unbranched alkanes of at least 4 members (excludes halogenated alkanes) is 7. The van der Waals surface area contributed by atoms with Gasteiger partial charge in [0.25, 0.3) is 0 Å². The number of phenolic OH excluding ortho intramolecular Hbond substituents is 2. The van der Waals surface area contributed by atoms with Crippen molar-refractivity contribution in [1.29, 1.82) is 0 Å². The Hall–Kier alpha value is -4.00. The summed E-state index contributed by atoms with van der Waals surface area (Å²) in [6.45, 7) is 7.70. The van der Waals surface area contributed by atoms with Crippen LogP contribution in [0.3, 0.4) is 0 Å². The Labute approximate surface area is 244 Å². The highest BCUT2D eigenvalue weighted by Gasteiger charge is 2.07. The fourth-order valence-electron chi connectivity index (χ4n) is 4.29. The van der Waals surface area contributed by atoms with Crippen molar-refractivity contribution in [2.24, 2.45) is 9.98 Å². The third-order valence-corrected chi connectivity index (χ3v) is 6.52. The zero-order chi connectivity index (χ0) is 29.3. The highest BCUT2D eigenvalue weighted by Crippen LogP contribution is 2.33. The van der Waals surface area contributed by atoms with Gasteiger partial charge in [0, 0.05) is 41.8 Å². The van der Waals surface area contributed by atoms with Crippen molar-refractivity contribution in [3.8, 4) is 28.7 Å². The number of benzene rings is 3. The summed E-state index contributed by atoms with van der Waals surface area (Å²) in [5.74, 6) is 2.05. The lowest BCUT2D eigenvalue weighted by Crippen LogP contribution is -1.97. The first-order valence-electron chi connectivity index (χ1n) is 14.8. The van der Waals surface area contributed by atoms with Crippen LogP contribution in [0.4, 0.5) is 11.4 Å². The van der Waals surface area contributed by atoms with Crippen molar-refractivity contribution in [1.82, 2.24) is 0 Å². The zero-order valence-electron chi connectivity index (χ0n) is 24.6. The van der Waals surface area contributed by atoms with Gasteiger partial charge in [-0.25, -0.2) is 0 Å². The molecule has 0 spiro atoms. The molecule has 0 saturated heterocycles. The van der Waals surface area contributed by atoms with E-state index in [1.165, 1.54) is 38.5 Å². The number of hydrogen-bond donors (Lipinski definition) is 2. The fourth-order valence-corrected chi connectivity index (χ4v) is 4.29. The maximum Gasteiger partial charge on any atom is 0.128 e. The number of rotatable bonds is 18. The van der Waals surface area contributed by atoms with Crippen molar-refractivity contribution in [2.45, 2.75) is 72.1 Å². The molecule has 7 heteroatoms. The number of hydrogen-bond acceptors (Lipinski definition) is 7. The van der Waals surface area contributed by atoms with Gasteiger partial charge in [-0.05, 0) is 56.7 Å². The number of nitrogens with zero attached hydrogens (tertiary/aromatic N) is 2. The largest absolute Gasteiger partial charge is 0.507 e. The van der Waals surface area contributed by atoms with Crippen LogP contribution < -0.4 is 14.2 Å². The van der Waals surface area contributed by atoms with Gasteiger partial charge in [-0.1, -0.05) is 51.9 Å². The zero-order valence-corrected chi connectivity index (χ0v) is 24.6. The Balaban J connectivity index is 1.74. The highest BCUT2D eigenvalue weighted by atomic mass is 16.5. The third-order valence-electron chi connectivity index (χ3n) is 6.52. The minimum absolute atomic E-state index is 0.0751. The second kappa shape index (κ2) is 17.6. The molecule has 0 heterocycles. The van der Waals surface area contributed by atoms with Gasteiger partial charge >= 0.3 is 0 Å². The first-order chi connectivity index (χ1) is 20.0. The van der Waals surface area contributed by atoms with Crippen LogP contribution in [-0.2, 0) is 0 Å². The van der Waals surface area contributed by atoms with Crippen LogP contribution in [0.1, 0.15) is 83.3 Å². The van der Waals surface area contributed by atoms with Crippen LogP contribution in [0, 0.1) is 0 Å². The van der Waals surface area contributed by atoms with Crippen LogP contribution in [0.5, 0.6) is 28.7 Å². The lowest BCUT2D eigenvalue weighted by Gasteiger charge is -2.09. The van der Waals surface area contributed by atoms with Gasteiger partial charge in [0.15, 0.2) is 0 Å². The van der Waals surface area contributed by atoms with Gasteiger partial charge in [-0.3, -0.25) is 9.98 Å². The molecule has 0 bridgehead atoms. The van der Waals surface area contributed by atoms with Crippen LogP contribution in [0.2, 0.25) is 0 Å². The minimum atomic E-state index is 0.0751. The summed E-state index contributed by atoms with van der Waals surface area (Å²) in [4.78, 5) is 9.24. The van der Waals surface area contributed by atoms with E-state index in [9.17, 15) is 10.2 Å². The molecule has 3 rings (SSSR count). The van der Waals surface area contributed by atoms with E-state index in [-0.39, 0.29) is 11.5 Å². The van der Waals surface area contributed by atoms with Crippen LogP contribution in [0.15, 0.2) is 64.6 Å². The lowest BCUT2D eigenvalue weighted by molar-refractivity contribution is 0.304. The standard InChI is InChI=1S/C34H44N2O5/c1-4-7-8-9-10-11-12-13-20-41-28-18-19-31(35-24-26-14-16-29(39-5-2)22-33(26)37)32(21-28)36-25-27-15-17-30(40-6-3)23-34(27)38/h14-19,21-25,37-38H,4-13,20H2,1-3H3. The summed E-state index contributed by atoms with van der Waals surface area (Å²) < 4.78 is 16.9. The molecule has 0 aliphatic carbocycles. The molecule has 0 amide bonds. The second-order valence-corrected chi connectivity index (χ2v) is 9.80. The molecule has 0 aliphatic rings. The van der Waals surface area contributed by atoms with Crippen molar-refractivity contribution < 1.29 is 24.4 Å². The molecule has 0 aromatic heterocycles. The molecule has 41 heavy (non-hydrogen) atoms. The van der Waals surface area contributed by atoms with Gasteiger partial charge in [0.05, 0.1) is 31.2 Å². The third kappa shape index (κ3) is 10.8. The number of phenols is 2. The SMILES string of the molecule is CCCCCCCCCCOc1ccc(N=Cc2ccc(OCC)cc2O)c(N=Cc2ccc(OCC)cc2O)c1. The van der Waals surface area contributed by atoms with E-state index in [2.05, 4.69) is 16.9 Å². The predicted molar refractivity (Wildman–Crippen MR) is 168 cm³/mol. The van der Waals surface area contributed by atoms with E-state index in [0.717, 1.165) is 12.8 Å². The Morgan fingerprint density at radius 2 is 1.05 bits per heavy atom. The van der Waals surface area contributed by atoms with E-state index in [0.29, 0.717) is 59.6 Å². The summed E-state index contributed by atoms with van der Waals surface area (Å²) >= 11 is 0. The fraction of sp³-hybridized carbons (Fsp3) is 0.412. The summed E-state index contributed by atoms with van der Waals surface area (Å²) in [6.07, 6.45) is 13.1. The molecule has 0 atom stereocenters. The Bertz CT molecular complexity index is 1270. The van der Waals surface area contributed by atoms with Crippen molar-refractivity contribution in [3.05, 3.63) is 65.7 Å². The molecule has 2 N–H and O–H groups in total. The molecule has 220 valence electrons. The van der Waals surface area contributed by atoms with Gasteiger partial charge in [-0.2, -0.15) is 0 Å². The molecule has 0 unspecified atom stereocenters. The van der Waals surface area contributed by atoms with Crippen LogP contribution >= 0.6 is 0 Å². The number of aromatic hydroxyl groups is 2. The molecular weight excluding hydrogens is 516 g/mol. The normalized spacial score (nSPS) is 11.4. The van der Waals surface area contributed by atoms with E-state index in [4.69, 9.17) is 14.2 Å². The van der Waals surface area contributed by atoms with Gasteiger partial charge in [-0.15, -0.1) is 0 Å². The predicted octanol–water partition coefficient (Wildman–Crippen LogP) is 8.92. The van der Waals surface area contributed by atoms with Gasteiger partial charge in [0.2, 0.25) is 0 Å². The van der Waals surface area contributed by atoms with E-state index >= 15 is 0 Å². The summed E-state index contributed by atoms with van der Waals surface area (Å²) in [5, 5.41) is 20.9. The molecule has 3 aromatic carbocycles. The van der Waals surface area contributed by atoms with Crippen molar-refractivity contribution in [2.75, 3.05) is 19.8 Å². The Morgan fingerprint density at radius 3 is 1.59 bits per heavy atom. The minimum Gasteiger partial charge on any atom is -0.507 e. The molecule has 0 fully saturated rings. The Kier molecular flexibility index (Phi) is 13.6. The second-order valence-electron chi connectivity index (χ2n) is 9.80. The van der Waals surface area contributed by atoms with Crippen LogP contribution in [-0.4, -0.2) is 42.5 Å². The van der Waals surface area contributed by atoms with Gasteiger partial charge < -0.3 is 24.4 Å². The maximum atomic E-state index is 10.4. The van der Waals surface area contributed by atoms with Crippen LogP contribution in [0.25, 0.3) is 0 Å². The quantitative estimate of drug-likeness (QED) is 0.120. The molecule has 0 saturated carbocycles. The molecule has 0 aliphatic heterocycles. The number of ether oxygens (including phenoxy) is 3. The first kappa shape index (κ1) is 31.5. The monoisotopic (exact) mass is 560 g/mol. The van der Waals surface area contributed by atoms with E-state index < -0.39 is 0 Å². The summed E-state index contributed by atoms with van der Waals surface area (Å²) in [7, 11) is 0. The summed E-state index contributed by atoms with van der Waals surface area (Å²) in [6, 6.07) is 15.8. The summed E-state index contributed by atoms with van der Waals surface area (Å²) in [5.41, 5.74) is 2.29. The van der Waals surface area contributed by atoms with E-state index in [1.807, 2.05) is 32.0 Å². The smallest absolute Gasteiger partial charge is 0.128 e.